The molecule has 0 aromatic heterocycles. The predicted octanol–water partition coefficient (Wildman–Crippen LogP) is 6.96. The van der Waals surface area contributed by atoms with Crippen LogP contribution in [0.4, 0.5) is 0 Å². The van der Waals surface area contributed by atoms with Crippen LogP contribution in [-0.2, 0) is 4.79 Å². The number of ketones is 1. The zero-order chi connectivity index (χ0) is 22.6. The number of carbonyl (C=O) groups excluding carboxylic acids is 1. The Morgan fingerprint density at radius 3 is 2.29 bits per heavy atom. The Morgan fingerprint density at radius 2 is 1.58 bits per heavy atom. The van der Waals surface area contributed by atoms with E-state index in [2.05, 4.69) is 54.5 Å². The molecule has 4 fully saturated rings. The summed E-state index contributed by atoms with van der Waals surface area (Å²) in [5, 5.41) is 10.8. The Morgan fingerprint density at radius 1 is 0.871 bits per heavy atom. The second kappa shape index (κ2) is 6.49. The Bertz CT molecular complexity index is 821. The highest BCUT2D eigenvalue weighted by atomic mass is 16.3. The molecule has 4 saturated carbocycles. The van der Waals surface area contributed by atoms with Crippen molar-refractivity contribution in [2.75, 3.05) is 0 Å². The monoisotopic (exact) mass is 426 g/mol. The van der Waals surface area contributed by atoms with Gasteiger partial charge in [-0.2, -0.15) is 0 Å². The average molecular weight is 427 g/mol. The van der Waals surface area contributed by atoms with Crippen LogP contribution in [0.5, 0.6) is 0 Å². The molecule has 174 valence electrons. The molecular weight excluding hydrogens is 380 g/mol. The Balaban J connectivity index is 1.58. The Hall–Kier alpha value is -0.630. The zero-order valence-electron chi connectivity index (χ0n) is 21.2. The lowest BCUT2D eigenvalue weighted by atomic mass is 9.34. The molecule has 5 rings (SSSR count). The molecule has 0 aromatic rings. The van der Waals surface area contributed by atoms with E-state index in [1.165, 1.54) is 32.1 Å². The first kappa shape index (κ1) is 22.2. The first-order valence-corrected chi connectivity index (χ1v) is 13.2. The highest BCUT2D eigenvalue weighted by Gasteiger charge is 2.67. The molecule has 8 atom stereocenters. The summed E-state index contributed by atoms with van der Waals surface area (Å²) in [6.45, 7) is 17.0. The number of aliphatic hydroxyl groups is 1. The van der Waals surface area contributed by atoms with E-state index in [1.807, 2.05) is 0 Å². The van der Waals surface area contributed by atoms with E-state index in [0.29, 0.717) is 29.0 Å². The van der Waals surface area contributed by atoms with Crippen molar-refractivity contribution in [1.29, 1.82) is 0 Å². The van der Waals surface area contributed by atoms with Gasteiger partial charge >= 0.3 is 0 Å². The van der Waals surface area contributed by atoms with Gasteiger partial charge in [-0.3, -0.25) is 4.79 Å². The van der Waals surface area contributed by atoms with Crippen LogP contribution in [0.1, 0.15) is 106 Å². The second-order valence-electron chi connectivity index (χ2n) is 14.4. The van der Waals surface area contributed by atoms with Crippen LogP contribution < -0.4 is 0 Å². The fraction of sp³-hybridized carbons (Fsp3) is 0.897. The van der Waals surface area contributed by atoms with Crippen molar-refractivity contribution in [2.24, 2.45) is 50.7 Å². The third kappa shape index (κ3) is 2.75. The maximum atomic E-state index is 13.6. The molecule has 2 nitrogen and oxygen atoms in total. The van der Waals surface area contributed by atoms with Gasteiger partial charge in [-0.1, -0.05) is 60.1 Å². The fourth-order valence-corrected chi connectivity index (χ4v) is 10.2. The van der Waals surface area contributed by atoms with Gasteiger partial charge in [-0.25, -0.2) is 0 Å². The van der Waals surface area contributed by atoms with Crippen molar-refractivity contribution >= 4 is 5.78 Å². The zero-order valence-corrected chi connectivity index (χ0v) is 21.2. The lowest BCUT2D eigenvalue weighted by Gasteiger charge is -2.70. The summed E-state index contributed by atoms with van der Waals surface area (Å²) in [5.41, 5.74) is 2.46. The molecule has 2 heteroatoms. The van der Waals surface area contributed by atoms with Gasteiger partial charge in [0.25, 0.3) is 0 Å². The van der Waals surface area contributed by atoms with Gasteiger partial charge < -0.3 is 5.11 Å². The van der Waals surface area contributed by atoms with Crippen molar-refractivity contribution in [3.63, 3.8) is 0 Å². The van der Waals surface area contributed by atoms with Gasteiger partial charge in [0.05, 0.1) is 6.10 Å². The van der Waals surface area contributed by atoms with Crippen molar-refractivity contribution in [2.45, 2.75) is 112 Å². The average Bonchev–Trinajstić information content (AvgIpc) is 2.65. The Labute approximate surface area is 190 Å². The third-order valence-electron chi connectivity index (χ3n) is 12.2. The quantitative estimate of drug-likeness (QED) is 0.425. The number of hydrogen-bond acceptors (Lipinski definition) is 2. The highest BCUT2D eigenvalue weighted by Crippen LogP contribution is 2.74. The van der Waals surface area contributed by atoms with E-state index in [0.717, 1.165) is 25.7 Å². The minimum Gasteiger partial charge on any atom is -0.393 e. The first-order valence-electron chi connectivity index (χ1n) is 13.2. The van der Waals surface area contributed by atoms with E-state index in [-0.39, 0.29) is 33.7 Å². The predicted molar refractivity (Wildman–Crippen MR) is 126 cm³/mol. The molecule has 1 N–H and O–H groups in total. The van der Waals surface area contributed by atoms with Crippen molar-refractivity contribution in [1.82, 2.24) is 0 Å². The minimum atomic E-state index is -0.179. The maximum Gasteiger partial charge on any atom is 0.137 e. The fourth-order valence-electron chi connectivity index (χ4n) is 10.2. The lowest BCUT2D eigenvalue weighted by Crippen LogP contribution is -2.64. The van der Waals surface area contributed by atoms with Crippen LogP contribution in [0.3, 0.4) is 0 Å². The number of rotatable bonds is 0. The summed E-state index contributed by atoms with van der Waals surface area (Å²) in [4.78, 5) is 13.6. The number of hydrogen-bond donors (Lipinski definition) is 1. The molecule has 31 heavy (non-hydrogen) atoms. The van der Waals surface area contributed by atoms with Crippen molar-refractivity contribution in [3.05, 3.63) is 11.6 Å². The van der Waals surface area contributed by atoms with Gasteiger partial charge in [0.2, 0.25) is 0 Å². The molecule has 0 unspecified atom stereocenters. The maximum absolute atomic E-state index is 13.6. The van der Waals surface area contributed by atoms with Crippen LogP contribution in [-0.4, -0.2) is 17.0 Å². The molecule has 0 saturated heterocycles. The van der Waals surface area contributed by atoms with Gasteiger partial charge in [0.1, 0.15) is 5.78 Å². The summed E-state index contributed by atoms with van der Waals surface area (Å²) < 4.78 is 0. The van der Waals surface area contributed by atoms with Crippen LogP contribution in [0.25, 0.3) is 0 Å². The molecule has 5 aliphatic carbocycles. The molecule has 0 spiro atoms. The minimum absolute atomic E-state index is 0.00970. The van der Waals surface area contributed by atoms with Gasteiger partial charge in [-0.15, -0.1) is 0 Å². The van der Waals surface area contributed by atoms with E-state index < -0.39 is 0 Å². The topological polar surface area (TPSA) is 37.3 Å². The number of Topliss-reactive ketones (excluding diaryl/α,β-unsaturated/α-hetero) is 1. The molecule has 5 aliphatic rings. The number of carbonyl (C=O) groups is 1. The summed E-state index contributed by atoms with van der Waals surface area (Å²) in [5.74, 6) is 2.50. The SMILES string of the molecule is CC1(C)CC[C@@H]2C(=O)C[C@]3(C)C(=CC[C@@H]4[C@@]5(C)CC[C@H](O)C(C)(C)[C@@H]5CC[C@]43C)[C@@H]2C1. The van der Waals surface area contributed by atoms with Crippen LogP contribution >= 0.6 is 0 Å². The summed E-state index contributed by atoms with van der Waals surface area (Å²) in [6.07, 6.45) is 12.3. The smallest absolute Gasteiger partial charge is 0.137 e. The summed E-state index contributed by atoms with van der Waals surface area (Å²) >= 11 is 0. The van der Waals surface area contributed by atoms with Crippen molar-refractivity contribution < 1.29 is 9.90 Å². The van der Waals surface area contributed by atoms with E-state index >= 15 is 0 Å². The van der Waals surface area contributed by atoms with E-state index in [4.69, 9.17) is 0 Å². The third-order valence-corrected chi connectivity index (χ3v) is 12.2. The summed E-state index contributed by atoms with van der Waals surface area (Å²) in [6, 6.07) is 0. The molecule has 0 aliphatic heterocycles. The lowest BCUT2D eigenvalue weighted by molar-refractivity contribution is -0.200. The molecule has 0 amide bonds. The summed E-state index contributed by atoms with van der Waals surface area (Å²) in [7, 11) is 0. The number of allylic oxidation sites excluding steroid dienone is 2. The van der Waals surface area contributed by atoms with Crippen LogP contribution in [0.15, 0.2) is 11.6 Å². The number of fused-ring (bicyclic) bond motifs is 7. The van der Waals surface area contributed by atoms with Gasteiger partial charge in [0, 0.05) is 17.8 Å². The molecular formula is C29H46O2. The largest absolute Gasteiger partial charge is 0.393 e. The first-order chi connectivity index (χ1) is 14.3. The van der Waals surface area contributed by atoms with Crippen LogP contribution in [0, 0.1) is 50.7 Å². The molecule has 0 bridgehead atoms. The van der Waals surface area contributed by atoms with Gasteiger partial charge in [0.15, 0.2) is 0 Å². The molecule has 0 aromatic carbocycles. The standard InChI is InChI=1S/C29H46O2/c1-25(2)13-10-18-19(16-25)20-8-9-23-27(5)14-12-24(31)26(3,4)22(27)11-15-28(23,6)29(20,7)17-21(18)30/h8,18-19,22-24,31H,9-17H2,1-7H3/t18-,19+,22-,23+,24-,27-,28+,29+/m0/s1. The molecule has 0 radical (unpaired) electrons. The van der Waals surface area contributed by atoms with E-state index in [9.17, 15) is 9.90 Å². The van der Waals surface area contributed by atoms with Crippen molar-refractivity contribution in [3.8, 4) is 0 Å². The van der Waals surface area contributed by atoms with E-state index in [1.54, 1.807) is 5.57 Å². The van der Waals surface area contributed by atoms with Crippen LogP contribution in [0.2, 0.25) is 0 Å². The number of aliphatic hydroxyl groups excluding tert-OH is 1. The van der Waals surface area contributed by atoms with Gasteiger partial charge in [-0.05, 0) is 90.8 Å². The Kier molecular flexibility index (Phi) is 4.64. The normalized spacial score (nSPS) is 52.8. The second-order valence-corrected chi connectivity index (χ2v) is 14.4. The molecule has 0 heterocycles. The highest BCUT2D eigenvalue weighted by molar-refractivity contribution is 5.85.